The van der Waals surface area contributed by atoms with Crippen LogP contribution in [0.4, 0.5) is 0 Å². The van der Waals surface area contributed by atoms with Gasteiger partial charge in [-0.05, 0) is 0 Å². The average Bonchev–Trinajstić information content (AvgIpc) is 2.85. The summed E-state index contributed by atoms with van der Waals surface area (Å²) >= 11 is 0. The van der Waals surface area contributed by atoms with Crippen LogP contribution in [0.2, 0.25) is 0 Å². The van der Waals surface area contributed by atoms with Gasteiger partial charge in [0.25, 0.3) is 0 Å². The van der Waals surface area contributed by atoms with Gasteiger partial charge in [0, 0.05) is 25.7 Å². The standard InChI is InChI=1S/C11H16N4O4/c16-10(14-3-5-19-6-4-14)8-15-7-9(12-13-15)1-2-11(17)18/h7H,1-6,8H2,(H,17,18). The molecule has 1 aliphatic rings. The molecule has 1 aliphatic heterocycles. The van der Waals surface area contributed by atoms with Crippen molar-refractivity contribution in [1.29, 1.82) is 0 Å². The van der Waals surface area contributed by atoms with Gasteiger partial charge in [0.2, 0.25) is 5.91 Å². The van der Waals surface area contributed by atoms with Crippen molar-refractivity contribution < 1.29 is 19.4 Å². The highest BCUT2D eigenvalue weighted by atomic mass is 16.5. The summed E-state index contributed by atoms with van der Waals surface area (Å²) < 4.78 is 6.61. The monoisotopic (exact) mass is 268 g/mol. The van der Waals surface area contributed by atoms with Crippen LogP contribution in [-0.2, 0) is 27.3 Å². The van der Waals surface area contributed by atoms with Crippen LogP contribution in [0.3, 0.4) is 0 Å². The molecule has 0 bridgehead atoms. The van der Waals surface area contributed by atoms with Crippen LogP contribution < -0.4 is 0 Å². The fourth-order valence-electron chi connectivity index (χ4n) is 1.82. The Hall–Kier alpha value is -1.96. The molecule has 0 spiro atoms. The Labute approximate surface area is 109 Å². The molecule has 0 saturated carbocycles. The highest BCUT2D eigenvalue weighted by Crippen LogP contribution is 2.01. The zero-order valence-electron chi connectivity index (χ0n) is 10.5. The molecule has 0 aliphatic carbocycles. The van der Waals surface area contributed by atoms with Crippen LogP contribution in [0, 0.1) is 0 Å². The maximum Gasteiger partial charge on any atom is 0.303 e. The van der Waals surface area contributed by atoms with E-state index in [1.54, 1.807) is 11.1 Å². The predicted octanol–water partition coefficient (Wildman–Crippen LogP) is -0.846. The molecule has 1 N–H and O–H groups in total. The summed E-state index contributed by atoms with van der Waals surface area (Å²) in [7, 11) is 0. The second-order valence-electron chi connectivity index (χ2n) is 4.29. The van der Waals surface area contributed by atoms with E-state index in [4.69, 9.17) is 9.84 Å². The predicted molar refractivity (Wildman–Crippen MR) is 63.4 cm³/mol. The molecule has 0 unspecified atom stereocenters. The van der Waals surface area contributed by atoms with Crippen molar-refractivity contribution in [3.05, 3.63) is 11.9 Å². The van der Waals surface area contributed by atoms with Crippen LogP contribution >= 0.6 is 0 Å². The molecule has 1 fully saturated rings. The number of rotatable bonds is 5. The van der Waals surface area contributed by atoms with Gasteiger partial charge in [-0.1, -0.05) is 5.21 Å². The highest BCUT2D eigenvalue weighted by Gasteiger charge is 2.17. The van der Waals surface area contributed by atoms with Crippen molar-refractivity contribution in [2.45, 2.75) is 19.4 Å². The minimum absolute atomic E-state index is 0.0100. The zero-order chi connectivity index (χ0) is 13.7. The van der Waals surface area contributed by atoms with E-state index in [0.29, 0.717) is 38.4 Å². The first kappa shape index (κ1) is 13.5. The SMILES string of the molecule is O=C(O)CCc1cn(CC(=O)N2CCOCC2)nn1. The molecule has 104 valence electrons. The number of hydrogen-bond acceptors (Lipinski definition) is 5. The van der Waals surface area contributed by atoms with Gasteiger partial charge in [0.1, 0.15) is 6.54 Å². The Morgan fingerprint density at radius 2 is 2.11 bits per heavy atom. The van der Waals surface area contributed by atoms with Gasteiger partial charge >= 0.3 is 5.97 Å². The quantitative estimate of drug-likeness (QED) is 0.747. The number of carbonyl (C=O) groups is 2. The maximum absolute atomic E-state index is 11.9. The van der Waals surface area contributed by atoms with Gasteiger partial charge in [-0.3, -0.25) is 9.59 Å². The molecule has 0 aromatic carbocycles. The van der Waals surface area contributed by atoms with Crippen LogP contribution in [0.25, 0.3) is 0 Å². The molecule has 8 nitrogen and oxygen atoms in total. The molecule has 1 amide bonds. The van der Waals surface area contributed by atoms with Crippen LogP contribution in [0.15, 0.2) is 6.20 Å². The van der Waals surface area contributed by atoms with Crippen molar-refractivity contribution >= 4 is 11.9 Å². The van der Waals surface area contributed by atoms with Gasteiger partial charge < -0.3 is 14.7 Å². The van der Waals surface area contributed by atoms with E-state index in [9.17, 15) is 9.59 Å². The third-order valence-corrected chi connectivity index (χ3v) is 2.84. The Kier molecular flexibility index (Phi) is 4.45. The lowest BCUT2D eigenvalue weighted by atomic mass is 10.2. The molecule has 0 radical (unpaired) electrons. The van der Waals surface area contributed by atoms with E-state index in [0.717, 1.165) is 0 Å². The molecule has 0 atom stereocenters. The van der Waals surface area contributed by atoms with E-state index in [2.05, 4.69) is 10.3 Å². The minimum Gasteiger partial charge on any atom is -0.481 e. The first-order valence-electron chi connectivity index (χ1n) is 6.11. The summed E-state index contributed by atoms with van der Waals surface area (Å²) in [6.07, 6.45) is 1.94. The summed E-state index contributed by atoms with van der Waals surface area (Å²) in [5.74, 6) is -0.906. The number of ether oxygens (including phenoxy) is 1. The molecule has 8 heteroatoms. The second-order valence-corrected chi connectivity index (χ2v) is 4.29. The Bertz CT molecular complexity index is 453. The van der Waals surface area contributed by atoms with Gasteiger partial charge in [0.05, 0.1) is 25.3 Å². The number of aromatic nitrogens is 3. The maximum atomic E-state index is 11.9. The molecule has 19 heavy (non-hydrogen) atoms. The second kappa shape index (κ2) is 6.28. The van der Waals surface area contributed by atoms with Crippen LogP contribution in [0.1, 0.15) is 12.1 Å². The lowest BCUT2D eigenvalue weighted by Gasteiger charge is -2.26. The minimum atomic E-state index is -0.876. The fraction of sp³-hybridized carbons (Fsp3) is 0.636. The lowest BCUT2D eigenvalue weighted by molar-refractivity contribution is -0.137. The van der Waals surface area contributed by atoms with Crippen molar-refractivity contribution in [3.8, 4) is 0 Å². The number of amides is 1. The van der Waals surface area contributed by atoms with E-state index in [1.807, 2.05) is 0 Å². The molecule has 1 aromatic heterocycles. The number of nitrogens with zero attached hydrogens (tertiary/aromatic N) is 4. The summed E-state index contributed by atoms with van der Waals surface area (Å²) in [5, 5.41) is 16.2. The number of aryl methyl sites for hydroxylation is 1. The number of aliphatic carboxylic acids is 1. The zero-order valence-corrected chi connectivity index (χ0v) is 10.5. The van der Waals surface area contributed by atoms with Gasteiger partial charge in [-0.15, -0.1) is 5.10 Å². The first-order valence-corrected chi connectivity index (χ1v) is 6.11. The summed E-state index contributed by atoms with van der Waals surface area (Å²) in [5.41, 5.74) is 0.581. The number of hydrogen-bond donors (Lipinski definition) is 1. The van der Waals surface area contributed by atoms with Crippen LogP contribution in [0.5, 0.6) is 0 Å². The Morgan fingerprint density at radius 1 is 1.37 bits per heavy atom. The number of carboxylic acids is 1. The van der Waals surface area contributed by atoms with Gasteiger partial charge in [-0.2, -0.15) is 0 Å². The van der Waals surface area contributed by atoms with E-state index < -0.39 is 5.97 Å². The summed E-state index contributed by atoms with van der Waals surface area (Å²) in [4.78, 5) is 24.1. The normalized spacial score (nSPS) is 15.5. The number of carboxylic acid groups (broad SMARTS) is 1. The van der Waals surface area contributed by atoms with Gasteiger partial charge in [-0.25, -0.2) is 4.68 Å². The largest absolute Gasteiger partial charge is 0.481 e. The third kappa shape index (κ3) is 4.02. The molecule has 1 aromatic rings. The van der Waals surface area contributed by atoms with Gasteiger partial charge in [0.15, 0.2) is 0 Å². The molecule has 2 heterocycles. The van der Waals surface area contributed by atoms with E-state index in [-0.39, 0.29) is 18.9 Å². The van der Waals surface area contributed by atoms with E-state index >= 15 is 0 Å². The van der Waals surface area contributed by atoms with Crippen molar-refractivity contribution in [2.75, 3.05) is 26.3 Å². The molecule has 2 rings (SSSR count). The third-order valence-electron chi connectivity index (χ3n) is 2.84. The molecular formula is C11H16N4O4. The Balaban J connectivity index is 1.84. The molecule has 1 saturated heterocycles. The average molecular weight is 268 g/mol. The number of carbonyl (C=O) groups excluding carboxylic acids is 1. The summed E-state index contributed by atoms with van der Waals surface area (Å²) in [6.45, 7) is 2.44. The van der Waals surface area contributed by atoms with Crippen molar-refractivity contribution in [2.24, 2.45) is 0 Å². The topological polar surface area (TPSA) is 97.5 Å². The van der Waals surface area contributed by atoms with Crippen molar-refractivity contribution in [1.82, 2.24) is 19.9 Å². The Morgan fingerprint density at radius 3 is 2.79 bits per heavy atom. The van der Waals surface area contributed by atoms with E-state index in [1.165, 1.54) is 4.68 Å². The lowest BCUT2D eigenvalue weighted by Crippen LogP contribution is -2.42. The fourth-order valence-corrected chi connectivity index (χ4v) is 1.82. The first-order chi connectivity index (χ1) is 9.15. The summed E-state index contributed by atoms with van der Waals surface area (Å²) in [6, 6.07) is 0. The van der Waals surface area contributed by atoms with Crippen molar-refractivity contribution in [3.63, 3.8) is 0 Å². The number of morpholine rings is 1. The van der Waals surface area contributed by atoms with Crippen LogP contribution in [-0.4, -0.2) is 63.2 Å². The highest BCUT2D eigenvalue weighted by molar-refractivity contribution is 5.76. The molecular weight excluding hydrogens is 252 g/mol. The smallest absolute Gasteiger partial charge is 0.303 e.